The molecule has 0 saturated heterocycles. The van der Waals surface area contributed by atoms with Crippen LogP contribution in [0.1, 0.15) is 30.9 Å². The van der Waals surface area contributed by atoms with Crippen LogP contribution in [0.3, 0.4) is 0 Å². The van der Waals surface area contributed by atoms with Crippen LogP contribution in [0, 0.1) is 0 Å². The van der Waals surface area contributed by atoms with E-state index in [-0.39, 0.29) is 12.0 Å². The van der Waals surface area contributed by atoms with Gasteiger partial charge < -0.3 is 9.74 Å². The summed E-state index contributed by atoms with van der Waals surface area (Å²) in [5, 5.41) is 5.49. The molecule has 1 aliphatic rings. The van der Waals surface area contributed by atoms with Crippen LogP contribution in [0.4, 0.5) is 0 Å². The zero-order valence-corrected chi connectivity index (χ0v) is 16.0. The lowest BCUT2D eigenvalue weighted by Crippen LogP contribution is -2.36. The van der Waals surface area contributed by atoms with Crippen molar-refractivity contribution in [1.82, 2.24) is 4.90 Å². The van der Waals surface area contributed by atoms with Gasteiger partial charge in [0.25, 0.3) is 0 Å². The molecule has 0 radical (unpaired) electrons. The lowest BCUT2D eigenvalue weighted by Gasteiger charge is -2.24. The molecule has 0 aliphatic carbocycles. The quantitative estimate of drug-likeness (QED) is 0.701. The van der Waals surface area contributed by atoms with Crippen molar-refractivity contribution in [1.29, 1.82) is 0 Å². The van der Waals surface area contributed by atoms with Gasteiger partial charge in [0.1, 0.15) is 0 Å². The van der Waals surface area contributed by atoms with E-state index in [0.717, 1.165) is 16.8 Å². The minimum Gasteiger partial charge on any atom is -0.390 e. The second kappa shape index (κ2) is 8.56. The van der Waals surface area contributed by atoms with Gasteiger partial charge >= 0.3 is 0 Å². The molecule has 0 fully saturated rings. The van der Waals surface area contributed by atoms with Gasteiger partial charge in [0.2, 0.25) is 5.91 Å². The Bertz CT molecular complexity index is 823. The number of oxime groups is 1. The molecule has 0 saturated carbocycles. The molecule has 2 aromatic rings. The van der Waals surface area contributed by atoms with Crippen LogP contribution in [0.25, 0.3) is 0 Å². The predicted octanol–water partition coefficient (Wildman–Crippen LogP) is 4.93. The largest absolute Gasteiger partial charge is 0.390 e. The number of amides is 1. The lowest BCUT2D eigenvalue weighted by molar-refractivity contribution is -0.133. The van der Waals surface area contributed by atoms with E-state index in [1.807, 2.05) is 55.5 Å². The molecule has 0 N–H and O–H groups in total. The summed E-state index contributed by atoms with van der Waals surface area (Å²) in [6.07, 6.45) is 0.870. The molecule has 136 valence electrons. The molecule has 26 heavy (non-hydrogen) atoms. The van der Waals surface area contributed by atoms with E-state index >= 15 is 0 Å². The highest BCUT2D eigenvalue weighted by atomic mass is 35.5. The maximum absolute atomic E-state index is 12.4. The maximum atomic E-state index is 12.4. The Hall–Kier alpha value is -2.04. The van der Waals surface area contributed by atoms with E-state index in [0.29, 0.717) is 36.0 Å². The fourth-order valence-electron chi connectivity index (χ4n) is 2.96. The lowest BCUT2D eigenvalue weighted by atomic mass is 10.0. The normalized spacial score (nSPS) is 16.1. The highest BCUT2D eigenvalue weighted by molar-refractivity contribution is 6.34. The van der Waals surface area contributed by atoms with Crippen LogP contribution >= 0.6 is 23.2 Å². The van der Waals surface area contributed by atoms with Crippen molar-refractivity contribution in [2.24, 2.45) is 5.16 Å². The summed E-state index contributed by atoms with van der Waals surface area (Å²) in [5.74, 6) is 0.0692. The molecule has 1 aliphatic heterocycles. The van der Waals surface area contributed by atoms with Gasteiger partial charge in [-0.1, -0.05) is 65.6 Å². The van der Waals surface area contributed by atoms with Crippen molar-refractivity contribution in [2.45, 2.75) is 32.4 Å². The first-order valence-corrected chi connectivity index (χ1v) is 9.32. The Morgan fingerprint density at radius 3 is 2.77 bits per heavy atom. The van der Waals surface area contributed by atoms with E-state index in [1.165, 1.54) is 0 Å². The van der Waals surface area contributed by atoms with E-state index in [9.17, 15) is 4.79 Å². The summed E-state index contributed by atoms with van der Waals surface area (Å²) in [7, 11) is 0. The molecule has 0 aromatic heterocycles. The maximum Gasteiger partial charge on any atom is 0.222 e. The standard InChI is InChI=1S/C20H20Cl2N2O2/c1-2-20(25)24(12-14-6-5-7-15(21)10-14)13-16-11-19(23-26-16)17-8-3-4-9-18(17)22/h3-10,16H,2,11-13H2,1H3/t16-/m1/s1. The SMILES string of the molecule is CCC(=O)N(Cc1cccc(Cl)c1)C[C@H]1CC(c2ccccc2Cl)=NO1. The molecule has 0 unspecified atom stereocenters. The number of hydrogen-bond donors (Lipinski definition) is 0. The molecule has 1 heterocycles. The summed E-state index contributed by atoms with van der Waals surface area (Å²) < 4.78 is 0. The molecule has 1 atom stereocenters. The first kappa shape index (κ1) is 18.7. The number of rotatable bonds is 6. The number of carbonyl (C=O) groups is 1. The molecule has 3 rings (SSSR count). The predicted molar refractivity (Wildman–Crippen MR) is 105 cm³/mol. The fourth-order valence-corrected chi connectivity index (χ4v) is 3.42. The van der Waals surface area contributed by atoms with Gasteiger partial charge in [-0.2, -0.15) is 0 Å². The molecule has 0 bridgehead atoms. The highest BCUT2D eigenvalue weighted by Crippen LogP contribution is 2.24. The van der Waals surface area contributed by atoms with Gasteiger partial charge in [-0.05, 0) is 23.8 Å². The summed E-state index contributed by atoms with van der Waals surface area (Å²) in [6.45, 7) is 2.82. The third-order valence-electron chi connectivity index (χ3n) is 4.26. The topological polar surface area (TPSA) is 41.9 Å². The summed E-state index contributed by atoms with van der Waals surface area (Å²) in [6, 6.07) is 15.1. The first-order valence-electron chi connectivity index (χ1n) is 8.56. The molecular formula is C20H20Cl2N2O2. The van der Waals surface area contributed by atoms with Gasteiger partial charge in [-0.25, -0.2) is 0 Å². The zero-order valence-electron chi connectivity index (χ0n) is 14.5. The molecule has 2 aromatic carbocycles. The van der Waals surface area contributed by atoms with Gasteiger partial charge in [-0.3, -0.25) is 4.79 Å². The van der Waals surface area contributed by atoms with Crippen LogP contribution < -0.4 is 0 Å². The monoisotopic (exact) mass is 390 g/mol. The number of carbonyl (C=O) groups excluding carboxylic acids is 1. The van der Waals surface area contributed by atoms with E-state index in [4.69, 9.17) is 28.0 Å². The smallest absolute Gasteiger partial charge is 0.222 e. The first-order chi connectivity index (χ1) is 12.6. The van der Waals surface area contributed by atoms with E-state index in [1.54, 1.807) is 4.90 Å². The third kappa shape index (κ3) is 4.57. The number of benzene rings is 2. The molecule has 6 heteroatoms. The van der Waals surface area contributed by atoms with Gasteiger partial charge in [-0.15, -0.1) is 0 Å². The Morgan fingerprint density at radius 1 is 1.23 bits per heavy atom. The van der Waals surface area contributed by atoms with Crippen molar-refractivity contribution in [3.63, 3.8) is 0 Å². The van der Waals surface area contributed by atoms with E-state index in [2.05, 4.69) is 5.16 Å². The van der Waals surface area contributed by atoms with Crippen molar-refractivity contribution in [3.8, 4) is 0 Å². The third-order valence-corrected chi connectivity index (χ3v) is 4.82. The van der Waals surface area contributed by atoms with Crippen LogP contribution in [0.5, 0.6) is 0 Å². The van der Waals surface area contributed by atoms with Crippen molar-refractivity contribution in [2.75, 3.05) is 6.54 Å². The Kier molecular flexibility index (Phi) is 6.17. The minimum atomic E-state index is -0.184. The van der Waals surface area contributed by atoms with Crippen LogP contribution in [-0.4, -0.2) is 29.2 Å². The second-order valence-corrected chi connectivity index (χ2v) is 7.05. The molecule has 0 spiro atoms. The van der Waals surface area contributed by atoms with Gasteiger partial charge in [0.05, 0.1) is 12.3 Å². The van der Waals surface area contributed by atoms with Crippen molar-refractivity contribution in [3.05, 3.63) is 69.7 Å². The molecule has 4 nitrogen and oxygen atoms in total. The summed E-state index contributed by atoms with van der Waals surface area (Å²) in [4.78, 5) is 19.7. The van der Waals surface area contributed by atoms with Crippen molar-refractivity contribution < 1.29 is 9.63 Å². The van der Waals surface area contributed by atoms with Crippen LogP contribution in [-0.2, 0) is 16.2 Å². The number of nitrogens with zero attached hydrogens (tertiary/aromatic N) is 2. The Balaban J connectivity index is 1.67. The summed E-state index contributed by atoms with van der Waals surface area (Å²) in [5.41, 5.74) is 2.68. The fraction of sp³-hybridized carbons (Fsp3) is 0.300. The Morgan fingerprint density at radius 2 is 2.04 bits per heavy atom. The zero-order chi connectivity index (χ0) is 18.5. The number of hydrogen-bond acceptors (Lipinski definition) is 3. The van der Waals surface area contributed by atoms with Crippen LogP contribution in [0.15, 0.2) is 53.7 Å². The Labute approximate surface area is 163 Å². The van der Waals surface area contributed by atoms with Gasteiger partial charge in [0, 0.05) is 35.0 Å². The second-order valence-electron chi connectivity index (χ2n) is 6.21. The minimum absolute atomic E-state index is 0.0692. The van der Waals surface area contributed by atoms with Gasteiger partial charge in [0.15, 0.2) is 6.10 Å². The highest BCUT2D eigenvalue weighted by Gasteiger charge is 2.27. The van der Waals surface area contributed by atoms with Crippen LogP contribution in [0.2, 0.25) is 10.0 Å². The molecule has 1 amide bonds. The number of halogens is 2. The van der Waals surface area contributed by atoms with Crippen molar-refractivity contribution >= 4 is 34.8 Å². The average Bonchev–Trinajstić information content (AvgIpc) is 3.09. The average molecular weight is 391 g/mol. The summed E-state index contributed by atoms with van der Waals surface area (Å²) >= 11 is 12.3. The van der Waals surface area contributed by atoms with E-state index < -0.39 is 0 Å². The molecular weight excluding hydrogens is 371 g/mol.